The number of nitrogens with one attached hydrogen (secondary N) is 1. The summed E-state index contributed by atoms with van der Waals surface area (Å²) in [6.07, 6.45) is 0. The van der Waals surface area contributed by atoms with Gasteiger partial charge < -0.3 is 4.74 Å². The molecule has 15 heavy (non-hydrogen) atoms. The van der Waals surface area contributed by atoms with Crippen molar-refractivity contribution in [1.29, 1.82) is 5.26 Å². The molecule has 0 aliphatic heterocycles. The van der Waals surface area contributed by atoms with E-state index in [9.17, 15) is 8.42 Å². The van der Waals surface area contributed by atoms with Gasteiger partial charge in [-0.15, -0.1) is 0 Å². The van der Waals surface area contributed by atoms with Gasteiger partial charge in [-0.05, 0) is 12.1 Å². The van der Waals surface area contributed by atoms with Crippen molar-refractivity contribution in [3.05, 3.63) is 23.8 Å². The molecule has 1 rings (SSSR count). The Morgan fingerprint density at radius 2 is 2.20 bits per heavy atom. The van der Waals surface area contributed by atoms with Gasteiger partial charge in [0.1, 0.15) is 5.75 Å². The lowest BCUT2D eigenvalue weighted by Gasteiger charge is -2.08. The number of hydrogen-bond donors (Lipinski definition) is 1. The highest BCUT2D eigenvalue weighted by molar-refractivity contribution is 8.14. The summed E-state index contributed by atoms with van der Waals surface area (Å²) in [5, 5.41) is 8.61. The second-order valence-electron chi connectivity index (χ2n) is 2.57. The molecule has 0 unspecified atom stereocenters. The maximum Gasteiger partial charge on any atom is 0.319 e. The second-order valence-corrected chi connectivity index (χ2v) is 4.87. The fraction of sp³-hybridized carbons (Fsp3) is 0.125. The van der Waals surface area contributed by atoms with Crippen LogP contribution in [0.25, 0.3) is 0 Å². The van der Waals surface area contributed by atoms with E-state index in [1.54, 1.807) is 0 Å². The van der Waals surface area contributed by atoms with E-state index in [0.29, 0.717) is 5.56 Å². The third kappa shape index (κ3) is 3.31. The quantitative estimate of drug-likeness (QED) is 0.819. The van der Waals surface area contributed by atoms with E-state index in [2.05, 4.69) is 4.72 Å². The van der Waals surface area contributed by atoms with E-state index in [1.165, 1.54) is 25.3 Å². The molecule has 0 atom stereocenters. The van der Waals surface area contributed by atoms with Gasteiger partial charge in [-0.2, -0.15) is 13.7 Å². The Morgan fingerprint density at radius 3 is 2.67 bits per heavy atom. The summed E-state index contributed by atoms with van der Waals surface area (Å²) in [4.78, 5) is 0. The Balaban J connectivity index is 3.15. The first-order chi connectivity index (χ1) is 6.96. The van der Waals surface area contributed by atoms with Gasteiger partial charge in [-0.1, -0.05) is 0 Å². The first-order valence-electron chi connectivity index (χ1n) is 3.77. The zero-order chi connectivity index (χ0) is 11.5. The van der Waals surface area contributed by atoms with Gasteiger partial charge in [-0.25, -0.2) is 0 Å². The zero-order valence-electron chi connectivity index (χ0n) is 7.69. The van der Waals surface area contributed by atoms with Gasteiger partial charge in [0.05, 0.1) is 24.4 Å². The smallest absolute Gasteiger partial charge is 0.319 e. The molecule has 80 valence electrons. The highest BCUT2D eigenvalue weighted by Gasteiger charge is 2.10. The minimum Gasteiger partial charge on any atom is -0.495 e. The van der Waals surface area contributed by atoms with Crippen LogP contribution in [-0.4, -0.2) is 15.5 Å². The van der Waals surface area contributed by atoms with Gasteiger partial charge >= 0.3 is 9.24 Å². The van der Waals surface area contributed by atoms with Gasteiger partial charge in [0, 0.05) is 16.7 Å². The van der Waals surface area contributed by atoms with E-state index in [4.69, 9.17) is 20.7 Å². The molecule has 0 fully saturated rings. The number of anilines is 1. The predicted octanol–water partition coefficient (Wildman–Crippen LogP) is 1.46. The molecule has 0 saturated carbocycles. The number of halogens is 1. The minimum absolute atomic E-state index is 0.187. The third-order valence-electron chi connectivity index (χ3n) is 1.56. The Labute approximate surface area is 91.8 Å². The van der Waals surface area contributed by atoms with Crippen LogP contribution in [0.1, 0.15) is 5.56 Å². The molecule has 0 aliphatic rings. The van der Waals surface area contributed by atoms with Crippen LogP contribution in [0.15, 0.2) is 18.2 Å². The van der Waals surface area contributed by atoms with Gasteiger partial charge in [-0.3, -0.25) is 4.72 Å². The summed E-state index contributed by atoms with van der Waals surface area (Å²) in [5.74, 6) is 0.235. The Kier molecular flexibility index (Phi) is 3.39. The highest BCUT2D eigenvalue weighted by atomic mass is 35.7. The van der Waals surface area contributed by atoms with Crippen molar-refractivity contribution in [3.63, 3.8) is 0 Å². The van der Waals surface area contributed by atoms with Crippen LogP contribution in [0, 0.1) is 11.3 Å². The summed E-state index contributed by atoms with van der Waals surface area (Å²) in [6, 6.07) is 6.16. The van der Waals surface area contributed by atoms with Crippen LogP contribution in [0.5, 0.6) is 5.75 Å². The monoisotopic (exact) mass is 246 g/mol. The van der Waals surface area contributed by atoms with Crippen molar-refractivity contribution >= 4 is 25.6 Å². The Morgan fingerprint density at radius 1 is 1.53 bits per heavy atom. The first-order valence-corrected chi connectivity index (χ1v) is 6.08. The van der Waals surface area contributed by atoms with Gasteiger partial charge in [0.25, 0.3) is 0 Å². The lowest BCUT2D eigenvalue weighted by Crippen LogP contribution is -2.05. The van der Waals surface area contributed by atoms with Crippen LogP contribution in [0.3, 0.4) is 0 Å². The summed E-state index contributed by atoms with van der Waals surface area (Å²) >= 11 is 0. The van der Waals surface area contributed by atoms with Gasteiger partial charge in [0.2, 0.25) is 0 Å². The SMILES string of the molecule is COc1cc(C#N)ccc1NS(=O)(=O)Cl. The van der Waals surface area contributed by atoms with E-state index in [-0.39, 0.29) is 11.4 Å². The summed E-state index contributed by atoms with van der Waals surface area (Å²) in [7, 11) is 2.50. The van der Waals surface area contributed by atoms with E-state index < -0.39 is 9.24 Å². The van der Waals surface area contributed by atoms with Crippen LogP contribution in [0.4, 0.5) is 5.69 Å². The number of ether oxygens (including phenoxy) is 1. The zero-order valence-corrected chi connectivity index (χ0v) is 9.26. The molecular weight excluding hydrogens is 240 g/mol. The van der Waals surface area contributed by atoms with Crippen molar-refractivity contribution in [2.24, 2.45) is 0 Å². The molecule has 0 aliphatic carbocycles. The molecule has 5 nitrogen and oxygen atoms in total. The van der Waals surface area contributed by atoms with Crippen molar-refractivity contribution in [2.45, 2.75) is 0 Å². The molecule has 0 bridgehead atoms. The molecule has 1 N–H and O–H groups in total. The van der Waals surface area contributed by atoms with E-state index >= 15 is 0 Å². The standard InChI is InChI=1S/C8H7ClN2O3S/c1-14-8-4-6(5-10)2-3-7(8)11-15(9,12)13/h2-4,11H,1H3. The summed E-state index contributed by atoms with van der Waals surface area (Å²) < 4.78 is 28.5. The molecule has 1 aromatic carbocycles. The van der Waals surface area contributed by atoms with Gasteiger partial charge in [0.15, 0.2) is 0 Å². The fourth-order valence-corrected chi connectivity index (χ4v) is 1.66. The average Bonchev–Trinajstić information content (AvgIpc) is 2.16. The van der Waals surface area contributed by atoms with Crippen molar-refractivity contribution in [2.75, 3.05) is 11.8 Å². The molecule has 0 amide bonds. The lowest BCUT2D eigenvalue weighted by atomic mass is 10.2. The second kappa shape index (κ2) is 4.38. The number of nitrogens with zero attached hydrogens (tertiary/aromatic N) is 1. The molecule has 0 radical (unpaired) electrons. The molecule has 0 saturated heterocycles. The number of hydrogen-bond acceptors (Lipinski definition) is 4. The van der Waals surface area contributed by atoms with Crippen LogP contribution >= 0.6 is 10.7 Å². The Hall–Kier alpha value is -1.45. The maximum atomic E-state index is 10.8. The largest absolute Gasteiger partial charge is 0.495 e. The van der Waals surface area contributed by atoms with Crippen LogP contribution < -0.4 is 9.46 Å². The molecular formula is C8H7ClN2O3S. The minimum atomic E-state index is -3.87. The third-order valence-corrected chi connectivity index (χ3v) is 2.26. The Bertz CT molecular complexity index is 507. The predicted molar refractivity (Wildman–Crippen MR) is 56.1 cm³/mol. The first kappa shape index (κ1) is 11.6. The van der Waals surface area contributed by atoms with E-state index in [1.807, 2.05) is 6.07 Å². The molecule has 0 aromatic heterocycles. The van der Waals surface area contributed by atoms with Crippen molar-refractivity contribution < 1.29 is 13.2 Å². The van der Waals surface area contributed by atoms with Crippen LogP contribution in [-0.2, 0) is 9.24 Å². The average molecular weight is 247 g/mol. The normalized spacial score (nSPS) is 10.5. The molecule has 0 heterocycles. The number of methoxy groups -OCH3 is 1. The summed E-state index contributed by atoms with van der Waals surface area (Å²) in [5.41, 5.74) is 0.552. The van der Waals surface area contributed by atoms with Crippen molar-refractivity contribution in [3.8, 4) is 11.8 Å². The molecule has 1 aromatic rings. The lowest BCUT2D eigenvalue weighted by molar-refractivity contribution is 0.417. The molecule has 0 spiro atoms. The summed E-state index contributed by atoms with van der Waals surface area (Å²) in [6.45, 7) is 0. The van der Waals surface area contributed by atoms with E-state index in [0.717, 1.165) is 0 Å². The number of benzene rings is 1. The fourth-order valence-electron chi connectivity index (χ4n) is 0.976. The number of rotatable bonds is 3. The van der Waals surface area contributed by atoms with Crippen molar-refractivity contribution in [1.82, 2.24) is 0 Å². The maximum absolute atomic E-state index is 10.8. The number of nitriles is 1. The molecule has 7 heteroatoms. The highest BCUT2D eigenvalue weighted by Crippen LogP contribution is 2.26. The topological polar surface area (TPSA) is 79.2 Å². The van der Waals surface area contributed by atoms with Crippen LogP contribution in [0.2, 0.25) is 0 Å².